The summed E-state index contributed by atoms with van der Waals surface area (Å²) in [6.07, 6.45) is 5.97. The van der Waals surface area contributed by atoms with Crippen LogP contribution in [-0.2, 0) is 4.74 Å². The predicted octanol–water partition coefficient (Wildman–Crippen LogP) is 1.71. The zero-order chi connectivity index (χ0) is 9.54. The normalized spacial score (nSPS) is 35.1. The van der Waals surface area contributed by atoms with Gasteiger partial charge in [0.05, 0.1) is 23.9 Å². The summed E-state index contributed by atoms with van der Waals surface area (Å²) < 4.78 is 11.0. The van der Waals surface area contributed by atoms with Crippen LogP contribution in [0, 0.1) is 6.92 Å². The number of rotatable bonds is 2. The van der Waals surface area contributed by atoms with Gasteiger partial charge in [0, 0.05) is 0 Å². The standard InChI is InChI=1S/C10H14N2O2/c1-6-5-13-10(11-6)12-8-4-7-2-3-9(8)14-7/h5,7-9H,2-4H2,1H3,(H,11,12)/t7?,8-,9?/m0/s1. The van der Waals surface area contributed by atoms with Crippen molar-refractivity contribution in [1.82, 2.24) is 4.98 Å². The molecule has 3 heterocycles. The summed E-state index contributed by atoms with van der Waals surface area (Å²) in [5.41, 5.74) is 0.913. The lowest BCUT2D eigenvalue weighted by Gasteiger charge is -2.18. The van der Waals surface area contributed by atoms with Crippen molar-refractivity contribution in [1.29, 1.82) is 0 Å². The van der Waals surface area contributed by atoms with Crippen LogP contribution >= 0.6 is 0 Å². The van der Waals surface area contributed by atoms with Gasteiger partial charge in [-0.1, -0.05) is 0 Å². The van der Waals surface area contributed by atoms with E-state index in [-0.39, 0.29) is 0 Å². The summed E-state index contributed by atoms with van der Waals surface area (Å²) >= 11 is 0. The van der Waals surface area contributed by atoms with E-state index in [0.717, 1.165) is 12.1 Å². The minimum absolute atomic E-state index is 0.368. The predicted molar refractivity (Wildman–Crippen MR) is 51.2 cm³/mol. The first-order chi connectivity index (χ1) is 6.81. The molecular formula is C10H14N2O2. The van der Waals surface area contributed by atoms with Gasteiger partial charge in [-0.05, 0) is 26.2 Å². The molecule has 14 heavy (non-hydrogen) atoms. The molecule has 1 N–H and O–H groups in total. The molecule has 0 radical (unpaired) electrons. The van der Waals surface area contributed by atoms with Gasteiger partial charge in [-0.15, -0.1) is 0 Å². The first-order valence-corrected chi connectivity index (χ1v) is 5.15. The number of fused-ring (bicyclic) bond motifs is 2. The average molecular weight is 194 g/mol. The number of nitrogens with zero attached hydrogens (tertiary/aromatic N) is 1. The van der Waals surface area contributed by atoms with Crippen LogP contribution in [0.15, 0.2) is 10.7 Å². The van der Waals surface area contributed by atoms with Gasteiger partial charge in [-0.25, -0.2) is 0 Å². The second kappa shape index (κ2) is 2.98. The van der Waals surface area contributed by atoms with Crippen molar-refractivity contribution in [3.8, 4) is 0 Å². The monoisotopic (exact) mass is 194 g/mol. The van der Waals surface area contributed by atoms with Crippen molar-refractivity contribution < 1.29 is 9.15 Å². The smallest absolute Gasteiger partial charge is 0.295 e. The fourth-order valence-corrected chi connectivity index (χ4v) is 2.37. The third kappa shape index (κ3) is 1.30. The van der Waals surface area contributed by atoms with Crippen LogP contribution < -0.4 is 5.32 Å². The molecule has 2 fully saturated rings. The lowest BCUT2D eigenvalue weighted by atomic mass is 9.96. The number of hydrogen-bond donors (Lipinski definition) is 1. The van der Waals surface area contributed by atoms with Crippen LogP contribution in [0.25, 0.3) is 0 Å². The summed E-state index contributed by atoms with van der Waals surface area (Å²) in [6, 6.07) is 1.02. The summed E-state index contributed by atoms with van der Waals surface area (Å²) in [6.45, 7) is 1.92. The Morgan fingerprint density at radius 3 is 3.00 bits per heavy atom. The fourth-order valence-electron chi connectivity index (χ4n) is 2.37. The summed E-state index contributed by atoms with van der Waals surface area (Å²) in [5.74, 6) is 0. The van der Waals surface area contributed by atoms with Crippen LogP contribution in [0.4, 0.5) is 6.01 Å². The minimum atomic E-state index is 0.368. The lowest BCUT2D eigenvalue weighted by Crippen LogP contribution is -2.30. The third-order valence-corrected chi connectivity index (χ3v) is 3.03. The van der Waals surface area contributed by atoms with Gasteiger partial charge in [-0.3, -0.25) is 0 Å². The fraction of sp³-hybridized carbons (Fsp3) is 0.700. The van der Waals surface area contributed by atoms with E-state index in [9.17, 15) is 0 Å². The van der Waals surface area contributed by atoms with Crippen molar-refractivity contribution in [2.45, 2.75) is 44.4 Å². The molecule has 2 aliphatic heterocycles. The molecule has 76 valence electrons. The van der Waals surface area contributed by atoms with Gasteiger partial charge in [0.2, 0.25) is 0 Å². The highest BCUT2D eigenvalue weighted by molar-refractivity contribution is 5.25. The van der Waals surface area contributed by atoms with E-state index >= 15 is 0 Å². The van der Waals surface area contributed by atoms with Crippen LogP contribution in [-0.4, -0.2) is 23.2 Å². The van der Waals surface area contributed by atoms with Crippen LogP contribution in [0.3, 0.4) is 0 Å². The molecule has 3 rings (SSSR count). The Bertz CT molecular complexity index is 337. The average Bonchev–Trinajstić information content (AvgIpc) is 2.82. The van der Waals surface area contributed by atoms with Gasteiger partial charge >= 0.3 is 0 Å². The van der Waals surface area contributed by atoms with Crippen molar-refractivity contribution in [3.05, 3.63) is 12.0 Å². The van der Waals surface area contributed by atoms with Gasteiger partial charge in [0.1, 0.15) is 6.26 Å². The van der Waals surface area contributed by atoms with Crippen molar-refractivity contribution in [3.63, 3.8) is 0 Å². The Morgan fingerprint density at radius 2 is 2.43 bits per heavy atom. The number of anilines is 1. The van der Waals surface area contributed by atoms with E-state index in [4.69, 9.17) is 9.15 Å². The largest absolute Gasteiger partial charge is 0.432 e. The molecule has 0 aliphatic carbocycles. The molecule has 4 nitrogen and oxygen atoms in total. The molecule has 2 bridgehead atoms. The number of nitrogens with one attached hydrogen (secondary N) is 1. The maximum atomic E-state index is 5.73. The highest BCUT2D eigenvalue weighted by atomic mass is 16.5. The molecule has 1 aromatic heterocycles. The molecule has 4 heteroatoms. The molecule has 1 aromatic rings. The van der Waals surface area contributed by atoms with Gasteiger partial charge in [0.25, 0.3) is 6.01 Å². The summed E-state index contributed by atoms with van der Waals surface area (Å²) in [7, 11) is 0. The molecular weight excluding hydrogens is 180 g/mol. The lowest BCUT2D eigenvalue weighted by molar-refractivity contribution is 0.102. The first kappa shape index (κ1) is 8.29. The van der Waals surface area contributed by atoms with E-state index in [0.29, 0.717) is 24.3 Å². The van der Waals surface area contributed by atoms with Gasteiger partial charge in [0.15, 0.2) is 0 Å². The van der Waals surface area contributed by atoms with E-state index < -0.39 is 0 Å². The molecule has 0 amide bonds. The van der Waals surface area contributed by atoms with Crippen LogP contribution in [0.2, 0.25) is 0 Å². The van der Waals surface area contributed by atoms with Crippen molar-refractivity contribution in [2.75, 3.05) is 5.32 Å². The zero-order valence-electron chi connectivity index (χ0n) is 8.19. The highest BCUT2D eigenvalue weighted by Gasteiger charge is 2.41. The Labute approximate surface area is 82.7 Å². The Balaban J connectivity index is 1.68. The molecule has 0 spiro atoms. The van der Waals surface area contributed by atoms with Crippen molar-refractivity contribution in [2.24, 2.45) is 0 Å². The summed E-state index contributed by atoms with van der Waals surface area (Å²) in [5, 5.41) is 3.29. The quantitative estimate of drug-likeness (QED) is 0.778. The second-order valence-electron chi connectivity index (χ2n) is 4.15. The number of ether oxygens (including phenoxy) is 1. The number of aryl methyl sites for hydroxylation is 1. The van der Waals surface area contributed by atoms with E-state index in [1.54, 1.807) is 6.26 Å². The molecule has 0 saturated carbocycles. The van der Waals surface area contributed by atoms with Gasteiger partial charge < -0.3 is 14.5 Å². The third-order valence-electron chi connectivity index (χ3n) is 3.03. The Hall–Kier alpha value is -1.03. The van der Waals surface area contributed by atoms with Gasteiger partial charge in [-0.2, -0.15) is 4.98 Å². The van der Waals surface area contributed by atoms with E-state index in [2.05, 4.69) is 10.3 Å². The number of aromatic nitrogens is 1. The molecule has 3 atom stereocenters. The van der Waals surface area contributed by atoms with E-state index in [1.165, 1.54) is 12.8 Å². The first-order valence-electron chi connectivity index (χ1n) is 5.15. The maximum absolute atomic E-state index is 5.73. The zero-order valence-corrected chi connectivity index (χ0v) is 8.19. The summed E-state index contributed by atoms with van der Waals surface area (Å²) in [4.78, 5) is 4.22. The highest BCUT2D eigenvalue weighted by Crippen LogP contribution is 2.35. The number of hydrogen-bond acceptors (Lipinski definition) is 4. The molecule has 2 unspecified atom stereocenters. The minimum Gasteiger partial charge on any atom is -0.432 e. The Morgan fingerprint density at radius 1 is 1.50 bits per heavy atom. The molecule has 0 aromatic carbocycles. The topological polar surface area (TPSA) is 47.3 Å². The second-order valence-corrected chi connectivity index (χ2v) is 4.15. The SMILES string of the molecule is Cc1coc(N[C@H]2CC3CCC2O3)n1. The maximum Gasteiger partial charge on any atom is 0.295 e. The van der Waals surface area contributed by atoms with Crippen LogP contribution in [0.1, 0.15) is 25.0 Å². The molecule has 2 saturated heterocycles. The van der Waals surface area contributed by atoms with E-state index in [1.807, 2.05) is 6.92 Å². The Kier molecular flexibility index (Phi) is 1.77. The number of oxazole rings is 1. The van der Waals surface area contributed by atoms with Crippen molar-refractivity contribution >= 4 is 6.01 Å². The van der Waals surface area contributed by atoms with Crippen LogP contribution in [0.5, 0.6) is 0 Å². The molecule has 2 aliphatic rings.